The number of hydrogen-bond acceptors (Lipinski definition) is 6. The summed E-state index contributed by atoms with van der Waals surface area (Å²) in [6.07, 6.45) is 3.12. The van der Waals surface area contributed by atoms with Crippen LogP contribution in [-0.4, -0.2) is 74.4 Å². The molecule has 3 heterocycles. The minimum absolute atomic E-state index is 0.293. The topological polar surface area (TPSA) is 37.8 Å². The molecule has 1 unspecified atom stereocenters. The van der Waals surface area contributed by atoms with Crippen molar-refractivity contribution in [3.8, 4) is 0 Å². The fourth-order valence-electron chi connectivity index (χ4n) is 3.42. The van der Waals surface area contributed by atoms with E-state index in [0.29, 0.717) is 5.41 Å². The Morgan fingerprint density at radius 2 is 2.29 bits per heavy atom. The third-order valence-electron chi connectivity index (χ3n) is 4.49. The van der Waals surface area contributed by atoms with Crippen molar-refractivity contribution in [2.24, 2.45) is 5.41 Å². The summed E-state index contributed by atoms with van der Waals surface area (Å²) < 4.78 is 11.1. The molecule has 21 heavy (non-hydrogen) atoms. The van der Waals surface area contributed by atoms with Gasteiger partial charge in [0.2, 0.25) is 0 Å². The molecule has 2 saturated heterocycles. The Balaban J connectivity index is 1.59. The summed E-state index contributed by atoms with van der Waals surface area (Å²) in [5, 5.41) is 3.27. The fraction of sp³-hybridized carbons (Fsp3) is 0.800. The summed E-state index contributed by atoms with van der Waals surface area (Å²) in [4.78, 5) is 9.45. The standard InChI is InChI=1S/C15H25N3O2S/c1-19-7-5-17-4-2-15(11-17)12-18(6-8-20-13-15)10-14-16-3-9-21-14/h3,9H,2,4-8,10-13H2,1H3. The Hall–Kier alpha value is -0.530. The van der Waals surface area contributed by atoms with Crippen LogP contribution in [0, 0.1) is 5.41 Å². The monoisotopic (exact) mass is 311 g/mol. The molecular weight excluding hydrogens is 286 g/mol. The second-order valence-electron chi connectivity index (χ2n) is 6.21. The maximum absolute atomic E-state index is 5.92. The first-order valence-corrected chi connectivity index (χ1v) is 8.57. The van der Waals surface area contributed by atoms with Crippen molar-refractivity contribution in [3.05, 3.63) is 16.6 Å². The molecule has 5 nitrogen and oxygen atoms in total. The molecule has 6 heteroatoms. The minimum Gasteiger partial charge on any atom is -0.383 e. The number of hydrogen-bond donors (Lipinski definition) is 0. The highest BCUT2D eigenvalue weighted by molar-refractivity contribution is 7.09. The van der Waals surface area contributed by atoms with Gasteiger partial charge in [-0.05, 0) is 13.0 Å². The van der Waals surface area contributed by atoms with E-state index in [1.54, 1.807) is 18.4 Å². The minimum atomic E-state index is 0.293. The van der Waals surface area contributed by atoms with Gasteiger partial charge in [0.05, 0.1) is 26.4 Å². The number of methoxy groups -OCH3 is 1. The van der Waals surface area contributed by atoms with Gasteiger partial charge in [-0.3, -0.25) is 4.90 Å². The van der Waals surface area contributed by atoms with E-state index in [1.165, 1.54) is 11.4 Å². The molecule has 0 aliphatic carbocycles. The largest absolute Gasteiger partial charge is 0.383 e. The molecule has 1 spiro atoms. The van der Waals surface area contributed by atoms with Gasteiger partial charge in [-0.25, -0.2) is 4.98 Å². The highest BCUT2D eigenvalue weighted by atomic mass is 32.1. The zero-order chi connectivity index (χ0) is 14.5. The van der Waals surface area contributed by atoms with E-state index in [1.807, 2.05) is 6.20 Å². The van der Waals surface area contributed by atoms with Gasteiger partial charge in [-0.1, -0.05) is 0 Å². The molecule has 2 aliphatic heterocycles. The first-order chi connectivity index (χ1) is 10.3. The normalized spacial score (nSPS) is 28.2. The lowest BCUT2D eigenvalue weighted by atomic mass is 9.87. The smallest absolute Gasteiger partial charge is 0.107 e. The van der Waals surface area contributed by atoms with Gasteiger partial charge in [0, 0.05) is 50.3 Å². The van der Waals surface area contributed by atoms with Gasteiger partial charge in [0.25, 0.3) is 0 Å². The molecule has 0 N–H and O–H groups in total. The Morgan fingerprint density at radius 1 is 1.38 bits per heavy atom. The Labute approximate surface area is 130 Å². The van der Waals surface area contributed by atoms with Gasteiger partial charge in [-0.2, -0.15) is 0 Å². The lowest BCUT2D eigenvalue weighted by Gasteiger charge is -2.31. The van der Waals surface area contributed by atoms with E-state index >= 15 is 0 Å². The van der Waals surface area contributed by atoms with Crippen molar-refractivity contribution in [1.29, 1.82) is 0 Å². The summed E-state index contributed by atoms with van der Waals surface area (Å²) in [7, 11) is 1.77. The average molecular weight is 311 g/mol. The molecule has 0 amide bonds. The Kier molecular flexibility index (Phi) is 5.24. The van der Waals surface area contributed by atoms with Crippen LogP contribution in [0.25, 0.3) is 0 Å². The summed E-state index contributed by atoms with van der Waals surface area (Å²) in [6.45, 7) is 8.97. The summed E-state index contributed by atoms with van der Waals surface area (Å²) >= 11 is 1.75. The zero-order valence-electron chi connectivity index (χ0n) is 12.8. The van der Waals surface area contributed by atoms with Crippen molar-refractivity contribution in [2.75, 3.05) is 59.7 Å². The molecule has 0 saturated carbocycles. The molecule has 3 rings (SSSR count). The van der Waals surface area contributed by atoms with Crippen molar-refractivity contribution < 1.29 is 9.47 Å². The van der Waals surface area contributed by atoms with Crippen LogP contribution in [-0.2, 0) is 16.0 Å². The van der Waals surface area contributed by atoms with E-state index in [2.05, 4.69) is 20.2 Å². The maximum Gasteiger partial charge on any atom is 0.107 e. The predicted molar refractivity (Wildman–Crippen MR) is 83.6 cm³/mol. The summed E-state index contributed by atoms with van der Waals surface area (Å²) in [5.41, 5.74) is 0.293. The number of rotatable bonds is 5. The van der Waals surface area contributed by atoms with Crippen molar-refractivity contribution in [1.82, 2.24) is 14.8 Å². The predicted octanol–water partition coefficient (Wildman–Crippen LogP) is 1.31. The molecule has 2 aliphatic rings. The maximum atomic E-state index is 5.92. The first kappa shape index (κ1) is 15.4. The van der Waals surface area contributed by atoms with Gasteiger partial charge >= 0.3 is 0 Å². The van der Waals surface area contributed by atoms with Crippen LogP contribution in [0.4, 0.5) is 0 Å². The van der Waals surface area contributed by atoms with Crippen molar-refractivity contribution >= 4 is 11.3 Å². The van der Waals surface area contributed by atoms with E-state index in [4.69, 9.17) is 9.47 Å². The molecule has 2 fully saturated rings. The van der Waals surface area contributed by atoms with Gasteiger partial charge < -0.3 is 14.4 Å². The first-order valence-electron chi connectivity index (χ1n) is 7.69. The van der Waals surface area contributed by atoms with Gasteiger partial charge in [-0.15, -0.1) is 11.3 Å². The molecule has 0 bridgehead atoms. The lowest BCUT2D eigenvalue weighted by molar-refractivity contribution is 0.0682. The average Bonchev–Trinajstić information content (AvgIpc) is 3.07. The Morgan fingerprint density at radius 3 is 3.10 bits per heavy atom. The fourth-order valence-corrected chi connectivity index (χ4v) is 4.08. The van der Waals surface area contributed by atoms with E-state index in [0.717, 1.165) is 59.1 Å². The lowest BCUT2D eigenvalue weighted by Crippen LogP contribution is -2.40. The third-order valence-corrected chi connectivity index (χ3v) is 5.25. The van der Waals surface area contributed by atoms with Crippen LogP contribution in [0.5, 0.6) is 0 Å². The molecular formula is C15H25N3O2S. The van der Waals surface area contributed by atoms with Crippen LogP contribution in [0.1, 0.15) is 11.4 Å². The van der Waals surface area contributed by atoms with Crippen LogP contribution in [0.3, 0.4) is 0 Å². The second kappa shape index (κ2) is 7.15. The molecule has 1 aromatic heterocycles. The number of thiazole rings is 1. The highest BCUT2D eigenvalue weighted by Gasteiger charge is 2.40. The molecule has 1 aromatic rings. The van der Waals surface area contributed by atoms with E-state index in [9.17, 15) is 0 Å². The Bertz CT molecular complexity index is 429. The van der Waals surface area contributed by atoms with Crippen molar-refractivity contribution in [3.63, 3.8) is 0 Å². The summed E-state index contributed by atoms with van der Waals surface area (Å²) in [6, 6.07) is 0. The number of ether oxygens (including phenoxy) is 2. The third kappa shape index (κ3) is 4.02. The van der Waals surface area contributed by atoms with E-state index in [-0.39, 0.29) is 0 Å². The van der Waals surface area contributed by atoms with Crippen LogP contribution < -0.4 is 0 Å². The van der Waals surface area contributed by atoms with Gasteiger partial charge in [0.15, 0.2) is 0 Å². The molecule has 0 aromatic carbocycles. The number of likely N-dealkylation sites (tertiary alicyclic amines) is 1. The summed E-state index contributed by atoms with van der Waals surface area (Å²) in [5.74, 6) is 0. The van der Waals surface area contributed by atoms with Crippen LogP contribution in [0.2, 0.25) is 0 Å². The number of aromatic nitrogens is 1. The molecule has 118 valence electrons. The van der Waals surface area contributed by atoms with E-state index < -0.39 is 0 Å². The number of nitrogens with zero attached hydrogens (tertiary/aromatic N) is 3. The van der Waals surface area contributed by atoms with Gasteiger partial charge in [0.1, 0.15) is 5.01 Å². The molecule has 1 atom stereocenters. The van der Waals surface area contributed by atoms with Crippen LogP contribution in [0.15, 0.2) is 11.6 Å². The zero-order valence-corrected chi connectivity index (χ0v) is 13.6. The van der Waals surface area contributed by atoms with Crippen LogP contribution >= 0.6 is 11.3 Å². The van der Waals surface area contributed by atoms with Crippen molar-refractivity contribution in [2.45, 2.75) is 13.0 Å². The SMILES string of the molecule is COCCN1CCC2(COCCN(Cc3nccs3)C2)C1. The second-order valence-corrected chi connectivity index (χ2v) is 7.19. The highest BCUT2D eigenvalue weighted by Crippen LogP contribution is 2.33. The quantitative estimate of drug-likeness (QED) is 0.820. The molecule has 0 radical (unpaired) electrons.